The second-order valence-corrected chi connectivity index (χ2v) is 5.08. The highest BCUT2D eigenvalue weighted by Gasteiger charge is 2.43. The van der Waals surface area contributed by atoms with Gasteiger partial charge in [-0.15, -0.1) is 0 Å². The highest BCUT2D eigenvalue weighted by atomic mass is 16.5. The predicted molar refractivity (Wildman–Crippen MR) is 76.5 cm³/mol. The van der Waals surface area contributed by atoms with Crippen molar-refractivity contribution >= 4 is 5.97 Å². The van der Waals surface area contributed by atoms with Crippen LogP contribution in [0.15, 0.2) is 24.3 Å². The van der Waals surface area contributed by atoms with E-state index >= 15 is 0 Å². The largest absolute Gasteiger partial charge is 0.508 e. The highest BCUT2D eigenvalue weighted by molar-refractivity contribution is 5.82. The molecule has 0 amide bonds. The van der Waals surface area contributed by atoms with Crippen LogP contribution in [0.3, 0.4) is 0 Å². The molecule has 0 radical (unpaired) electrons. The Bertz CT molecular complexity index is 472. The number of esters is 1. The van der Waals surface area contributed by atoms with E-state index in [1.807, 2.05) is 13.0 Å². The van der Waals surface area contributed by atoms with E-state index in [4.69, 9.17) is 4.74 Å². The second kappa shape index (κ2) is 6.24. The molecule has 5 heteroatoms. The zero-order valence-electron chi connectivity index (χ0n) is 12.1. The van der Waals surface area contributed by atoms with Gasteiger partial charge in [-0.2, -0.15) is 0 Å². The minimum Gasteiger partial charge on any atom is -0.508 e. The molecule has 2 N–H and O–H groups in total. The normalized spacial score (nSPS) is 19.3. The van der Waals surface area contributed by atoms with Crippen LogP contribution in [0.25, 0.3) is 0 Å². The maximum Gasteiger partial charge on any atom is 0.330 e. The van der Waals surface area contributed by atoms with Crippen LogP contribution in [-0.4, -0.2) is 48.8 Å². The van der Waals surface area contributed by atoms with E-state index in [1.54, 1.807) is 25.1 Å². The summed E-state index contributed by atoms with van der Waals surface area (Å²) in [6.07, 6.45) is 0. The van der Waals surface area contributed by atoms with E-state index in [-0.39, 0.29) is 11.7 Å². The van der Waals surface area contributed by atoms with Gasteiger partial charge < -0.3 is 15.2 Å². The fourth-order valence-corrected chi connectivity index (χ4v) is 2.62. The van der Waals surface area contributed by atoms with Crippen LogP contribution in [0.5, 0.6) is 5.75 Å². The number of benzene rings is 1. The van der Waals surface area contributed by atoms with E-state index in [0.29, 0.717) is 6.61 Å². The summed E-state index contributed by atoms with van der Waals surface area (Å²) >= 11 is 0. The van der Waals surface area contributed by atoms with Crippen LogP contribution < -0.4 is 5.32 Å². The minimum atomic E-state index is -0.864. The van der Waals surface area contributed by atoms with Crippen LogP contribution >= 0.6 is 0 Å². The standard InChI is InChI=1S/C15H22N2O3/c1-3-20-14(19)15(2,17-9-7-16-8-10-17)12-5-4-6-13(18)11-12/h4-6,11,16,18H,3,7-10H2,1-2H3. The van der Waals surface area contributed by atoms with E-state index in [1.165, 1.54) is 0 Å². The Kier molecular flexibility index (Phi) is 4.62. The maximum atomic E-state index is 12.5. The Morgan fingerprint density at radius 3 is 2.75 bits per heavy atom. The second-order valence-electron chi connectivity index (χ2n) is 5.08. The molecule has 0 aliphatic carbocycles. The quantitative estimate of drug-likeness (QED) is 0.807. The van der Waals surface area contributed by atoms with E-state index in [2.05, 4.69) is 10.2 Å². The van der Waals surface area contributed by atoms with Gasteiger partial charge in [0.1, 0.15) is 11.3 Å². The van der Waals surface area contributed by atoms with Gasteiger partial charge in [0.2, 0.25) is 0 Å². The highest BCUT2D eigenvalue weighted by Crippen LogP contribution is 2.32. The van der Waals surface area contributed by atoms with Crippen molar-refractivity contribution in [3.05, 3.63) is 29.8 Å². The zero-order chi connectivity index (χ0) is 14.6. The lowest BCUT2D eigenvalue weighted by Crippen LogP contribution is -2.57. The molecule has 110 valence electrons. The van der Waals surface area contributed by atoms with Crippen molar-refractivity contribution in [1.29, 1.82) is 0 Å². The van der Waals surface area contributed by atoms with Gasteiger partial charge in [-0.3, -0.25) is 4.90 Å². The summed E-state index contributed by atoms with van der Waals surface area (Å²) in [5.41, 5.74) is -0.102. The van der Waals surface area contributed by atoms with E-state index in [0.717, 1.165) is 31.7 Å². The molecule has 5 nitrogen and oxygen atoms in total. The summed E-state index contributed by atoms with van der Waals surface area (Å²) in [6.45, 7) is 7.24. The number of piperazine rings is 1. The molecule has 1 aliphatic heterocycles. The number of carbonyl (C=O) groups is 1. The molecule has 1 atom stereocenters. The summed E-state index contributed by atoms with van der Waals surface area (Å²) in [6, 6.07) is 6.86. The summed E-state index contributed by atoms with van der Waals surface area (Å²) in [5, 5.41) is 13.0. The van der Waals surface area contributed by atoms with Crippen molar-refractivity contribution < 1.29 is 14.6 Å². The average molecular weight is 278 g/mol. The maximum absolute atomic E-state index is 12.5. The van der Waals surface area contributed by atoms with E-state index < -0.39 is 5.54 Å². The lowest BCUT2D eigenvalue weighted by atomic mass is 9.89. The fourth-order valence-electron chi connectivity index (χ4n) is 2.62. The molecule has 0 bridgehead atoms. The van der Waals surface area contributed by atoms with E-state index in [9.17, 15) is 9.90 Å². The number of nitrogens with zero attached hydrogens (tertiary/aromatic N) is 1. The molecule has 1 fully saturated rings. The number of aromatic hydroxyl groups is 1. The number of phenolic OH excluding ortho intramolecular Hbond substituents is 1. The molecular weight excluding hydrogens is 256 g/mol. The number of hydrogen-bond acceptors (Lipinski definition) is 5. The van der Waals surface area contributed by atoms with Crippen LogP contribution in [0.1, 0.15) is 19.4 Å². The lowest BCUT2D eigenvalue weighted by molar-refractivity contribution is -0.158. The molecule has 1 aromatic carbocycles. The molecule has 2 rings (SSSR count). The van der Waals surface area contributed by atoms with Crippen molar-refractivity contribution in [3.8, 4) is 5.75 Å². The number of hydrogen-bond donors (Lipinski definition) is 2. The Hall–Kier alpha value is -1.59. The van der Waals surface area contributed by atoms with Gasteiger partial charge in [-0.1, -0.05) is 12.1 Å². The number of rotatable bonds is 4. The van der Waals surface area contributed by atoms with Gasteiger partial charge in [0.15, 0.2) is 0 Å². The van der Waals surface area contributed by atoms with Crippen molar-refractivity contribution in [2.75, 3.05) is 32.8 Å². The Morgan fingerprint density at radius 1 is 1.45 bits per heavy atom. The van der Waals surface area contributed by atoms with Gasteiger partial charge in [-0.25, -0.2) is 4.79 Å². The van der Waals surface area contributed by atoms with Crippen molar-refractivity contribution in [3.63, 3.8) is 0 Å². The SMILES string of the molecule is CCOC(=O)C(C)(c1cccc(O)c1)N1CCNCC1. The van der Waals surface area contributed by atoms with Crippen LogP contribution in [0.2, 0.25) is 0 Å². The van der Waals surface area contributed by atoms with Crippen LogP contribution in [-0.2, 0) is 15.1 Å². The minimum absolute atomic E-state index is 0.160. The third kappa shape index (κ3) is 2.78. The lowest BCUT2D eigenvalue weighted by Gasteiger charge is -2.41. The third-order valence-corrected chi connectivity index (χ3v) is 3.83. The fraction of sp³-hybridized carbons (Fsp3) is 0.533. The molecule has 0 aromatic heterocycles. The van der Waals surface area contributed by atoms with Gasteiger partial charge >= 0.3 is 5.97 Å². The number of nitrogens with one attached hydrogen (secondary N) is 1. The molecule has 1 aliphatic rings. The first kappa shape index (κ1) is 14.8. The molecular formula is C15H22N2O3. The van der Waals surface area contributed by atoms with Crippen LogP contribution in [0, 0.1) is 0 Å². The third-order valence-electron chi connectivity index (χ3n) is 3.83. The molecule has 20 heavy (non-hydrogen) atoms. The summed E-state index contributed by atoms with van der Waals surface area (Å²) in [7, 11) is 0. The smallest absolute Gasteiger partial charge is 0.330 e. The molecule has 1 heterocycles. The van der Waals surface area contributed by atoms with Crippen molar-refractivity contribution in [1.82, 2.24) is 10.2 Å². The van der Waals surface area contributed by atoms with Gasteiger partial charge in [0.05, 0.1) is 6.61 Å². The van der Waals surface area contributed by atoms with Gasteiger partial charge in [-0.05, 0) is 31.5 Å². The molecule has 1 unspecified atom stereocenters. The first-order valence-corrected chi connectivity index (χ1v) is 7.01. The first-order valence-electron chi connectivity index (χ1n) is 7.01. The van der Waals surface area contributed by atoms with Crippen molar-refractivity contribution in [2.45, 2.75) is 19.4 Å². The predicted octanol–water partition coefficient (Wildman–Crippen LogP) is 1.08. The summed E-state index contributed by atoms with van der Waals surface area (Å²) < 4.78 is 5.27. The average Bonchev–Trinajstić information content (AvgIpc) is 2.47. The summed E-state index contributed by atoms with van der Waals surface area (Å²) in [4.78, 5) is 14.6. The Labute approximate surface area is 119 Å². The number of ether oxygens (including phenoxy) is 1. The van der Waals surface area contributed by atoms with Gasteiger partial charge in [0.25, 0.3) is 0 Å². The Morgan fingerprint density at radius 2 is 2.15 bits per heavy atom. The molecule has 0 saturated carbocycles. The molecule has 0 spiro atoms. The Balaban J connectivity index is 2.39. The molecule has 1 aromatic rings. The number of phenols is 1. The topological polar surface area (TPSA) is 61.8 Å². The zero-order valence-corrected chi connectivity index (χ0v) is 12.1. The van der Waals surface area contributed by atoms with Gasteiger partial charge in [0, 0.05) is 26.2 Å². The monoisotopic (exact) mass is 278 g/mol. The van der Waals surface area contributed by atoms with Crippen LogP contribution in [0.4, 0.5) is 0 Å². The summed E-state index contributed by atoms with van der Waals surface area (Å²) in [5.74, 6) is -0.111. The molecule has 1 saturated heterocycles. The first-order chi connectivity index (χ1) is 9.59. The number of carbonyl (C=O) groups excluding carboxylic acids is 1. The van der Waals surface area contributed by atoms with Crippen molar-refractivity contribution in [2.24, 2.45) is 0 Å².